The Balaban J connectivity index is 2.90. The predicted octanol–water partition coefficient (Wildman–Crippen LogP) is 6.93. The highest BCUT2D eigenvalue weighted by Gasteiger charge is 1.94. The normalized spacial score (nSPS) is 11.1. The minimum absolute atomic E-state index is 0.726. The standard InChI is InChI=1S/C19H40OSi/c1-3-5-6-7-8-9-10-11-12-13-14-15-16-17-18-19-20-21-4-2/h3-19H2,1-2H3. The Morgan fingerprint density at radius 3 is 1.29 bits per heavy atom. The van der Waals surface area contributed by atoms with E-state index in [1.165, 1.54) is 102 Å². The number of unbranched alkanes of at least 4 members (excludes halogenated alkanes) is 14. The van der Waals surface area contributed by atoms with Crippen LogP contribution in [0.2, 0.25) is 6.04 Å². The summed E-state index contributed by atoms with van der Waals surface area (Å²) in [5.41, 5.74) is 0. The maximum absolute atomic E-state index is 5.52. The molecule has 0 aromatic carbocycles. The molecule has 0 unspecified atom stereocenters. The molecule has 21 heavy (non-hydrogen) atoms. The molecule has 0 saturated heterocycles. The Morgan fingerprint density at radius 2 is 0.905 bits per heavy atom. The largest absolute Gasteiger partial charge is 0.417 e. The van der Waals surface area contributed by atoms with Crippen LogP contribution in [0.3, 0.4) is 0 Å². The lowest BCUT2D eigenvalue weighted by Gasteiger charge is -2.04. The van der Waals surface area contributed by atoms with E-state index in [2.05, 4.69) is 13.8 Å². The van der Waals surface area contributed by atoms with Gasteiger partial charge in [0.25, 0.3) is 0 Å². The lowest BCUT2D eigenvalue weighted by molar-refractivity contribution is 0.320. The number of hydrogen-bond acceptors (Lipinski definition) is 1. The zero-order valence-electron chi connectivity index (χ0n) is 14.9. The first-order valence-electron chi connectivity index (χ1n) is 9.76. The Labute approximate surface area is 137 Å². The second kappa shape index (κ2) is 20.2. The molecule has 0 aromatic heterocycles. The zero-order chi connectivity index (χ0) is 15.4. The van der Waals surface area contributed by atoms with Crippen molar-refractivity contribution in [3.05, 3.63) is 0 Å². The average Bonchev–Trinajstić information content (AvgIpc) is 2.50. The second-order valence-corrected chi connectivity index (χ2v) is 7.58. The van der Waals surface area contributed by atoms with Crippen molar-refractivity contribution in [3.63, 3.8) is 0 Å². The first-order chi connectivity index (χ1) is 10.4. The van der Waals surface area contributed by atoms with Gasteiger partial charge in [-0.25, -0.2) is 0 Å². The topological polar surface area (TPSA) is 9.23 Å². The summed E-state index contributed by atoms with van der Waals surface area (Å²) in [5, 5.41) is 0. The Hall–Kier alpha value is 0.177. The van der Waals surface area contributed by atoms with Crippen molar-refractivity contribution in [1.82, 2.24) is 0 Å². The summed E-state index contributed by atoms with van der Waals surface area (Å²) in [6.45, 7) is 5.47. The van der Waals surface area contributed by atoms with Crippen LogP contribution in [0, 0.1) is 0 Å². The van der Waals surface area contributed by atoms with Crippen LogP contribution >= 0.6 is 0 Å². The molecule has 0 amide bonds. The smallest absolute Gasteiger partial charge is 0.229 e. The molecule has 0 rings (SSSR count). The summed E-state index contributed by atoms with van der Waals surface area (Å²) >= 11 is 0. The summed E-state index contributed by atoms with van der Waals surface area (Å²) < 4.78 is 5.52. The minimum atomic E-state index is 0.726. The van der Waals surface area contributed by atoms with Gasteiger partial charge >= 0.3 is 0 Å². The van der Waals surface area contributed by atoms with E-state index in [4.69, 9.17) is 4.43 Å². The molecule has 2 radical (unpaired) electrons. The maximum atomic E-state index is 5.52. The van der Waals surface area contributed by atoms with Gasteiger partial charge in [0.2, 0.25) is 9.76 Å². The Kier molecular flexibility index (Phi) is 20.3. The molecule has 0 heterocycles. The predicted molar refractivity (Wildman–Crippen MR) is 97.1 cm³/mol. The van der Waals surface area contributed by atoms with Crippen molar-refractivity contribution in [2.24, 2.45) is 0 Å². The monoisotopic (exact) mass is 312 g/mol. The van der Waals surface area contributed by atoms with Crippen molar-refractivity contribution < 1.29 is 4.43 Å². The van der Waals surface area contributed by atoms with Gasteiger partial charge in [-0.15, -0.1) is 0 Å². The number of hydrogen-bond donors (Lipinski definition) is 0. The molecular weight excluding hydrogens is 272 g/mol. The van der Waals surface area contributed by atoms with Crippen LogP contribution in [-0.2, 0) is 4.43 Å². The second-order valence-electron chi connectivity index (χ2n) is 6.30. The van der Waals surface area contributed by atoms with Crippen LogP contribution in [0.25, 0.3) is 0 Å². The van der Waals surface area contributed by atoms with Crippen LogP contribution < -0.4 is 0 Å². The van der Waals surface area contributed by atoms with Gasteiger partial charge in [-0.1, -0.05) is 104 Å². The molecule has 0 spiro atoms. The van der Waals surface area contributed by atoms with Crippen LogP contribution in [0.15, 0.2) is 0 Å². The molecule has 0 fully saturated rings. The van der Waals surface area contributed by atoms with Gasteiger partial charge in [-0.3, -0.25) is 0 Å². The van der Waals surface area contributed by atoms with Crippen molar-refractivity contribution >= 4 is 9.76 Å². The molecule has 0 N–H and O–H groups in total. The van der Waals surface area contributed by atoms with Crippen LogP contribution in [0.1, 0.15) is 110 Å². The molecule has 126 valence electrons. The van der Waals surface area contributed by atoms with E-state index < -0.39 is 0 Å². The van der Waals surface area contributed by atoms with Gasteiger partial charge in [0.15, 0.2) is 0 Å². The van der Waals surface area contributed by atoms with Crippen LogP contribution in [0.5, 0.6) is 0 Å². The fourth-order valence-electron chi connectivity index (χ4n) is 2.72. The average molecular weight is 313 g/mol. The van der Waals surface area contributed by atoms with Gasteiger partial charge in [0.1, 0.15) is 0 Å². The van der Waals surface area contributed by atoms with E-state index in [0.29, 0.717) is 0 Å². The summed E-state index contributed by atoms with van der Waals surface area (Å²) in [7, 11) is 0.726. The third kappa shape index (κ3) is 20.2. The highest BCUT2D eigenvalue weighted by atomic mass is 28.2. The van der Waals surface area contributed by atoms with Gasteiger partial charge in [0.05, 0.1) is 0 Å². The first kappa shape index (κ1) is 21.2. The molecule has 2 heteroatoms. The highest BCUT2D eigenvalue weighted by molar-refractivity contribution is 6.26. The molecular formula is C19H40OSi. The molecule has 0 saturated carbocycles. The summed E-state index contributed by atoms with van der Waals surface area (Å²) in [5.74, 6) is 0. The molecule has 0 aliphatic carbocycles. The first-order valence-corrected chi connectivity index (χ1v) is 10.9. The summed E-state index contributed by atoms with van der Waals surface area (Å²) in [6.07, 6.45) is 21.5. The van der Waals surface area contributed by atoms with E-state index in [1.807, 2.05) is 0 Å². The van der Waals surface area contributed by atoms with Crippen molar-refractivity contribution in [3.8, 4) is 0 Å². The molecule has 0 aliphatic heterocycles. The minimum Gasteiger partial charge on any atom is -0.417 e. The fourth-order valence-corrected chi connectivity index (χ4v) is 3.21. The SMILES string of the molecule is CCCCCCCCCCCCCCCCCO[Si]CC. The summed E-state index contributed by atoms with van der Waals surface area (Å²) in [4.78, 5) is 0. The van der Waals surface area contributed by atoms with Gasteiger partial charge < -0.3 is 4.43 Å². The molecule has 0 atom stereocenters. The Morgan fingerprint density at radius 1 is 0.524 bits per heavy atom. The molecule has 0 aromatic rings. The summed E-state index contributed by atoms with van der Waals surface area (Å²) in [6, 6.07) is 1.18. The third-order valence-electron chi connectivity index (χ3n) is 4.10. The zero-order valence-corrected chi connectivity index (χ0v) is 15.9. The lowest BCUT2D eigenvalue weighted by atomic mass is 10.0. The molecule has 1 nitrogen and oxygen atoms in total. The number of rotatable bonds is 18. The van der Waals surface area contributed by atoms with Crippen LogP contribution in [-0.4, -0.2) is 16.4 Å². The van der Waals surface area contributed by atoms with E-state index in [9.17, 15) is 0 Å². The fraction of sp³-hybridized carbons (Fsp3) is 1.00. The third-order valence-corrected chi connectivity index (χ3v) is 4.79. The quantitative estimate of drug-likeness (QED) is 0.197. The molecule has 0 bridgehead atoms. The Bertz CT molecular complexity index is 155. The van der Waals surface area contributed by atoms with Gasteiger partial charge in [-0.2, -0.15) is 0 Å². The van der Waals surface area contributed by atoms with E-state index in [1.54, 1.807) is 0 Å². The van der Waals surface area contributed by atoms with Gasteiger partial charge in [0, 0.05) is 6.61 Å². The van der Waals surface area contributed by atoms with Crippen LogP contribution in [0.4, 0.5) is 0 Å². The highest BCUT2D eigenvalue weighted by Crippen LogP contribution is 2.13. The van der Waals surface area contributed by atoms with Crippen molar-refractivity contribution in [1.29, 1.82) is 0 Å². The van der Waals surface area contributed by atoms with E-state index in [0.717, 1.165) is 16.4 Å². The molecule has 0 aliphatic rings. The lowest BCUT2D eigenvalue weighted by Crippen LogP contribution is -1.98. The maximum Gasteiger partial charge on any atom is 0.229 e. The van der Waals surface area contributed by atoms with E-state index in [-0.39, 0.29) is 0 Å². The van der Waals surface area contributed by atoms with Crippen molar-refractivity contribution in [2.75, 3.05) is 6.61 Å². The van der Waals surface area contributed by atoms with Gasteiger partial charge in [-0.05, 0) is 12.5 Å². The van der Waals surface area contributed by atoms with E-state index >= 15 is 0 Å². The van der Waals surface area contributed by atoms with Crippen molar-refractivity contribution in [2.45, 2.75) is 116 Å².